The molecule has 1 amide bonds. The second kappa shape index (κ2) is 5.51. The Bertz CT molecular complexity index is 627. The number of nitrogens with two attached hydrogens (primary N) is 1. The molecule has 1 aliphatic rings. The van der Waals surface area contributed by atoms with Gasteiger partial charge in [-0.1, -0.05) is 6.07 Å². The van der Waals surface area contributed by atoms with Crippen molar-refractivity contribution < 1.29 is 17.9 Å². The van der Waals surface area contributed by atoms with Gasteiger partial charge in [-0.15, -0.1) is 0 Å². The number of sulfonamides is 1. The van der Waals surface area contributed by atoms with Crippen LogP contribution in [0.15, 0.2) is 23.1 Å². The van der Waals surface area contributed by atoms with Crippen molar-refractivity contribution in [3.05, 3.63) is 23.8 Å². The summed E-state index contributed by atoms with van der Waals surface area (Å²) < 4.78 is 28.3. The molecule has 1 aromatic rings. The fourth-order valence-electron chi connectivity index (χ4n) is 2.27. The van der Waals surface area contributed by atoms with Gasteiger partial charge in [-0.2, -0.15) is 0 Å². The van der Waals surface area contributed by atoms with Crippen LogP contribution in [0.2, 0.25) is 0 Å². The summed E-state index contributed by atoms with van der Waals surface area (Å²) in [5.74, 6) is -0.260. The SMILES string of the molecule is Cc1c(NC(=O)C2CCC(C)O2)cccc1S(N)(=O)=O. The van der Waals surface area contributed by atoms with Crippen molar-refractivity contribution in [2.24, 2.45) is 5.14 Å². The molecule has 0 radical (unpaired) electrons. The van der Waals surface area contributed by atoms with Crippen LogP contribution in [0.3, 0.4) is 0 Å². The molecule has 1 fully saturated rings. The van der Waals surface area contributed by atoms with E-state index in [4.69, 9.17) is 9.88 Å². The Morgan fingerprint density at radius 1 is 1.40 bits per heavy atom. The molecule has 0 aromatic heterocycles. The minimum atomic E-state index is -3.80. The lowest BCUT2D eigenvalue weighted by Crippen LogP contribution is -2.28. The predicted molar refractivity (Wildman–Crippen MR) is 74.8 cm³/mol. The van der Waals surface area contributed by atoms with Crippen LogP contribution in [0, 0.1) is 6.92 Å². The zero-order valence-electron chi connectivity index (χ0n) is 11.4. The summed E-state index contributed by atoms with van der Waals surface area (Å²) in [6.45, 7) is 3.52. The monoisotopic (exact) mass is 298 g/mol. The largest absolute Gasteiger partial charge is 0.365 e. The highest BCUT2D eigenvalue weighted by Crippen LogP contribution is 2.24. The third kappa shape index (κ3) is 3.17. The van der Waals surface area contributed by atoms with Gasteiger partial charge >= 0.3 is 0 Å². The number of nitrogens with one attached hydrogen (secondary N) is 1. The van der Waals surface area contributed by atoms with Crippen molar-refractivity contribution in [1.82, 2.24) is 0 Å². The van der Waals surface area contributed by atoms with Gasteiger partial charge in [0.25, 0.3) is 5.91 Å². The average Bonchev–Trinajstić information content (AvgIpc) is 2.77. The molecule has 1 heterocycles. The highest BCUT2D eigenvalue weighted by Gasteiger charge is 2.28. The molecule has 0 spiro atoms. The fraction of sp³-hybridized carbons (Fsp3) is 0.462. The third-order valence-corrected chi connectivity index (χ3v) is 4.43. The van der Waals surface area contributed by atoms with E-state index < -0.39 is 16.1 Å². The number of ether oxygens (including phenoxy) is 1. The summed E-state index contributed by atoms with van der Waals surface area (Å²) >= 11 is 0. The maximum Gasteiger partial charge on any atom is 0.253 e. The molecule has 1 aliphatic heterocycles. The first-order chi connectivity index (χ1) is 9.29. The van der Waals surface area contributed by atoms with Gasteiger partial charge in [-0.05, 0) is 44.4 Å². The molecule has 0 aliphatic carbocycles. The predicted octanol–water partition coefficient (Wildman–Crippen LogP) is 1.15. The van der Waals surface area contributed by atoms with Crippen LogP contribution in [0.1, 0.15) is 25.3 Å². The van der Waals surface area contributed by atoms with Crippen molar-refractivity contribution in [3.63, 3.8) is 0 Å². The fourth-order valence-corrected chi connectivity index (χ4v) is 3.07. The van der Waals surface area contributed by atoms with Crippen LogP contribution in [-0.4, -0.2) is 26.5 Å². The zero-order chi connectivity index (χ0) is 14.9. The number of anilines is 1. The Morgan fingerprint density at radius 3 is 2.65 bits per heavy atom. The van der Waals surface area contributed by atoms with Gasteiger partial charge in [0.15, 0.2) is 0 Å². The van der Waals surface area contributed by atoms with Gasteiger partial charge < -0.3 is 10.1 Å². The van der Waals surface area contributed by atoms with E-state index in [2.05, 4.69) is 5.32 Å². The van der Waals surface area contributed by atoms with E-state index in [-0.39, 0.29) is 16.9 Å². The summed E-state index contributed by atoms with van der Waals surface area (Å²) in [5.41, 5.74) is 0.860. The maximum atomic E-state index is 12.1. The first-order valence-electron chi connectivity index (χ1n) is 6.38. The number of carbonyl (C=O) groups is 1. The molecule has 0 saturated carbocycles. The standard InChI is InChI=1S/C13H18N2O4S/c1-8-6-7-11(19-8)13(16)15-10-4-3-5-12(9(10)2)20(14,17)18/h3-5,8,11H,6-7H2,1-2H3,(H,15,16)(H2,14,17,18). The molecule has 2 rings (SSSR count). The summed E-state index contributed by atoms with van der Waals surface area (Å²) in [6.07, 6.45) is 1.10. The Kier molecular flexibility index (Phi) is 4.12. The van der Waals surface area contributed by atoms with Crippen molar-refractivity contribution in [2.45, 2.75) is 43.8 Å². The first kappa shape index (κ1) is 15.0. The summed E-state index contributed by atoms with van der Waals surface area (Å²) in [4.78, 5) is 12.1. The Labute approximate surface area is 118 Å². The van der Waals surface area contributed by atoms with E-state index in [0.717, 1.165) is 6.42 Å². The van der Waals surface area contributed by atoms with E-state index in [1.165, 1.54) is 6.07 Å². The van der Waals surface area contributed by atoms with Crippen LogP contribution in [0.5, 0.6) is 0 Å². The van der Waals surface area contributed by atoms with Gasteiger partial charge in [0.05, 0.1) is 11.0 Å². The molecule has 2 unspecified atom stereocenters. The van der Waals surface area contributed by atoms with E-state index in [9.17, 15) is 13.2 Å². The molecule has 7 heteroatoms. The quantitative estimate of drug-likeness (QED) is 0.874. The number of carbonyl (C=O) groups excluding carboxylic acids is 1. The molecule has 20 heavy (non-hydrogen) atoms. The minimum Gasteiger partial charge on any atom is -0.365 e. The molecular weight excluding hydrogens is 280 g/mol. The van der Waals surface area contributed by atoms with Crippen molar-refractivity contribution in [1.29, 1.82) is 0 Å². The van der Waals surface area contributed by atoms with E-state index >= 15 is 0 Å². The molecule has 0 bridgehead atoms. The molecule has 6 nitrogen and oxygen atoms in total. The molecule has 1 aromatic carbocycles. The molecular formula is C13H18N2O4S. The summed E-state index contributed by atoms with van der Waals surface area (Å²) in [7, 11) is -3.80. The topological polar surface area (TPSA) is 98.5 Å². The van der Waals surface area contributed by atoms with E-state index in [0.29, 0.717) is 17.7 Å². The zero-order valence-corrected chi connectivity index (χ0v) is 12.2. The number of hydrogen-bond donors (Lipinski definition) is 2. The van der Waals surface area contributed by atoms with Crippen molar-refractivity contribution in [2.75, 3.05) is 5.32 Å². The normalized spacial score (nSPS) is 22.8. The lowest BCUT2D eigenvalue weighted by atomic mass is 10.1. The lowest BCUT2D eigenvalue weighted by Gasteiger charge is -2.14. The lowest BCUT2D eigenvalue weighted by molar-refractivity contribution is -0.126. The number of rotatable bonds is 3. The van der Waals surface area contributed by atoms with Gasteiger partial charge in [0.2, 0.25) is 10.0 Å². The van der Waals surface area contributed by atoms with Gasteiger partial charge in [-0.25, -0.2) is 13.6 Å². The van der Waals surface area contributed by atoms with Crippen LogP contribution < -0.4 is 10.5 Å². The van der Waals surface area contributed by atoms with Crippen LogP contribution in [0.4, 0.5) is 5.69 Å². The van der Waals surface area contributed by atoms with Crippen LogP contribution >= 0.6 is 0 Å². The number of primary sulfonamides is 1. The molecule has 2 atom stereocenters. The number of amides is 1. The van der Waals surface area contributed by atoms with Gasteiger partial charge in [0.1, 0.15) is 6.10 Å². The second-order valence-electron chi connectivity index (χ2n) is 4.98. The van der Waals surface area contributed by atoms with Crippen molar-refractivity contribution >= 4 is 21.6 Å². The first-order valence-corrected chi connectivity index (χ1v) is 7.92. The summed E-state index contributed by atoms with van der Waals surface area (Å²) in [5, 5.41) is 7.83. The van der Waals surface area contributed by atoms with Gasteiger partial charge in [0, 0.05) is 5.69 Å². The van der Waals surface area contributed by atoms with Crippen LogP contribution in [0.25, 0.3) is 0 Å². The van der Waals surface area contributed by atoms with Crippen LogP contribution in [-0.2, 0) is 19.6 Å². The highest BCUT2D eigenvalue weighted by molar-refractivity contribution is 7.89. The maximum absolute atomic E-state index is 12.1. The van der Waals surface area contributed by atoms with Gasteiger partial charge in [-0.3, -0.25) is 4.79 Å². The number of hydrogen-bond acceptors (Lipinski definition) is 4. The molecule has 1 saturated heterocycles. The Balaban J connectivity index is 2.20. The minimum absolute atomic E-state index is 0.0102. The molecule has 110 valence electrons. The average molecular weight is 298 g/mol. The second-order valence-corrected chi connectivity index (χ2v) is 6.51. The van der Waals surface area contributed by atoms with E-state index in [1.807, 2.05) is 6.92 Å². The molecule has 3 N–H and O–H groups in total. The Morgan fingerprint density at radius 2 is 2.10 bits per heavy atom. The smallest absolute Gasteiger partial charge is 0.253 e. The highest BCUT2D eigenvalue weighted by atomic mass is 32.2. The van der Waals surface area contributed by atoms with Crippen molar-refractivity contribution in [3.8, 4) is 0 Å². The summed E-state index contributed by atoms with van der Waals surface area (Å²) in [6, 6.07) is 4.59. The number of benzene rings is 1. The Hall–Kier alpha value is -1.44. The third-order valence-electron chi connectivity index (χ3n) is 3.37. The van der Waals surface area contributed by atoms with E-state index in [1.54, 1.807) is 19.1 Å².